The summed E-state index contributed by atoms with van der Waals surface area (Å²) >= 11 is 1.27. The Labute approximate surface area is 158 Å². The van der Waals surface area contributed by atoms with Gasteiger partial charge in [0.15, 0.2) is 16.4 Å². The van der Waals surface area contributed by atoms with E-state index >= 15 is 0 Å². The van der Waals surface area contributed by atoms with Crippen molar-refractivity contribution in [2.24, 2.45) is 0 Å². The SMILES string of the molecule is COC(=O)c1cnc(NC2CC(n3c(=O)n(C4CC4)c4nccnc43)C2)s1. The highest BCUT2D eigenvalue weighted by Gasteiger charge is 2.37. The van der Waals surface area contributed by atoms with E-state index in [0.29, 0.717) is 21.3 Å². The van der Waals surface area contributed by atoms with Crippen LogP contribution >= 0.6 is 11.3 Å². The molecule has 0 aromatic carbocycles. The van der Waals surface area contributed by atoms with Crippen LogP contribution in [0.15, 0.2) is 23.4 Å². The van der Waals surface area contributed by atoms with Crippen LogP contribution in [0.2, 0.25) is 0 Å². The Morgan fingerprint density at radius 3 is 2.44 bits per heavy atom. The molecule has 27 heavy (non-hydrogen) atoms. The van der Waals surface area contributed by atoms with Crippen molar-refractivity contribution >= 4 is 33.7 Å². The molecule has 0 spiro atoms. The highest BCUT2D eigenvalue weighted by atomic mass is 32.1. The molecule has 0 aliphatic heterocycles. The standard InChI is InChI=1S/C17H18N6O3S/c1-26-15(24)12-8-20-16(27-12)21-9-6-11(7-9)23-14-13(18-4-5-19-14)22(17(23)25)10-2-3-10/h4-5,8-11H,2-3,6-7H2,1H3,(H,20,21). The average molecular weight is 386 g/mol. The fourth-order valence-corrected chi connectivity index (χ4v) is 4.39. The highest BCUT2D eigenvalue weighted by Crippen LogP contribution is 2.39. The van der Waals surface area contributed by atoms with Crippen LogP contribution in [0.4, 0.5) is 5.13 Å². The summed E-state index contributed by atoms with van der Waals surface area (Å²) in [6, 6.07) is 0.558. The summed E-state index contributed by atoms with van der Waals surface area (Å²) < 4.78 is 8.29. The summed E-state index contributed by atoms with van der Waals surface area (Å²) in [4.78, 5) is 38.0. The van der Waals surface area contributed by atoms with Gasteiger partial charge in [0.2, 0.25) is 0 Å². The zero-order chi connectivity index (χ0) is 18.5. The number of rotatable bonds is 5. The summed E-state index contributed by atoms with van der Waals surface area (Å²) in [6.45, 7) is 0. The van der Waals surface area contributed by atoms with E-state index in [2.05, 4.69) is 20.3 Å². The molecule has 10 heteroatoms. The second kappa shape index (κ2) is 6.15. The number of imidazole rings is 1. The zero-order valence-electron chi connectivity index (χ0n) is 14.7. The van der Waals surface area contributed by atoms with Gasteiger partial charge < -0.3 is 10.1 Å². The summed E-state index contributed by atoms with van der Waals surface area (Å²) in [6.07, 6.45) is 8.43. The molecule has 0 amide bonds. The minimum Gasteiger partial charge on any atom is -0.465 e. The molecule has 3 aromatic heterocycles. The number of methoxy groups -OCH3 is 1. The number of anilines is 1. The first-order chi connectivity index (χ1) is 13.2. The largest absolute Gasteiger partial charge is 0.465 e. The molecule has 5 rings (SSSR count). The fraction of sp³-hybridized carbons (Fsp3) is 0.471. The molecule has 140 valence electrons. The molecule has 1 N–H and O–H groups in total. The molecule has 9 nitrogen and oxygen atoms in total. The first kappa shape index (κ1) is 16.4. The first-order valence-corrected chi connectivity index (χ1v) is 9.71. The van der Waals surface area contributed by atoms with Crippen LogP contribution in [-0.2, 0) is 4.74 Å². The number of hydrogen-bond donors (Lipinski definition) is 1. The number of thiazole rings is 1. The van der Waals surface area contributed by atoms with Gasteiger partial charge in [0, 0.05) is 30.5 Å². The van der Waals surface area contributed by atoms with Crippen LogP contribution in [0.25, 0.3) is 11.3 Å². The molecule has 3 heterocycles. The Morgan fingerprint density at radius 1 is 1.15 bits per heavy atom. The van der Waals surface area contributed by atoms with E-state index in [1.165, 1.54) is 24.6 Å². The summed E-state index contributed by atoms with van der Waals surface area (Å²) in [5.41, 5.74) is 1.34. The average Bonchev–Trinajstić information content (AvgIpc) is 3.29. The smallest absolute Gasteiger partial charge is 0.349 e. The third-order valence-electron chi connectivity index (χ3n) is 5.14. The summed E-state index contributed by atoms with van der Waals surface area (Å²) in [7, 11) is 1.35. The van der Waals surface area contributed by atoms with Crippen molar-refractivity contribution in [3.05, 3.63) is 34.0 Å². The monoisotopic (exact) mass is 386 g/mol. The Hall–Kier alpha value is -2.75. The molecular weight excluding hydrogens is 368 g/mol. The Bertz CT molecular complexity index is 1080. The zero-order valence-corrected chi connectivity index (χ0v) is 15.5. The van der Waals surface area contributed by atoms with Crippen molar-refractivity contribution in [3.63, 3.8) is 0 Å². The van der Waals surface area contributed by atoms with Crippen LogP contribution in [0, 0.1) is 0 Å². The fourth-order valence-electron chi connectivity index (χ4n) is 3.58. The molecule has 3 aromatic rings. The molecule has 2 fully saturated rings. The number of nitrogens with zero attached hydrogens (tertiary/aromatic N) is 5. The first-order valence-electron chi connectivity index (χ1n) is 8.90. The Morgan fingerprint density at radius 2 is 1.81 bits per heavy atom. The maximum Gasteiger partial charge on any atom is 0.349 e. The van der Waals surface area contributed by atoms with Crippen molar-refractivity contribution in [2.45, 2.75) is 43.8 Å². The maximum absolute atomic E-state index is 12.9. The van der Waals surface area contributed by atoms with Crippen LogP contribution in [0.5, 0.6) is 0 Å². The van der Waals surface area contributed by atoms with Gasteiger partial charge in [0.1, 0.15) is 4.88 Å². The van der Waals surface area contributed by atoms with Gasteiger partial charge in [0.25, 0.3) is 0 Å². The van der Waals surface area contributed by atoms with Gasteiger partial charge in [-0.3, -0.25) is 9.13 Å². The van der Waals surface area contributed by atoms with Gasteiger partial charge in [-0.25, -0.2) is 24.5 Å². The minimum atomic E-state index is -0.384. The third-order valence-corrected chi connectivity index (χ3v) is 6.05. The van der Waals surface area contributed by atoms with Crippen molar-refractivity contribution < 1.29 is 9.53 Å². The molecule has 0 bridgehead atoms. The summed E-state index contributed by atoms with van der Waals surface area (Å²) in [5, 5.41) is 4.01. The lowest BCUT2D eigenvalue weighted by Crippen LogP contribution is -2.41. The lowest BCUT2D eigenvalue weighted by Gasteiger charge is -2.36. The molecule has 2 aliphatic rings. The molecule has 0 radical (unpaired) electrons. The predicted octanol–water partition coefficient (Wildman–Crippen LogP) is 1.99. The molecule has 0 unspecified atom stereocenters. The van der Waals surface area contributed by atoms with Crippen LogP contribution in [0.1, 0.15) is 47.4 Å². The molecule has 2 saturated carbocycles. The quantitative estimate of drug-likeness (QED) is 0.669. The number of aromatic nitrogens is 5. The minimum absolute atomic E-state index is 0.00984. The second-order valence-corrected chi connectivity index (χ2v) is 7.98. The van der Waals surface area contributed by atoms with E-state index in [-0.39, 0.29) is 29.8 Å². The van der Waals surface area contributed by atoms with Gasteiger partial charge >= 0.3 is 11.7 Å². The van der Waals surface area contributed by atoms with Crippen LogP contribution < -0.4 is 11.0 Å². The number of hydrogen-bond acceptors (Lipinski definition) is 8. The molecule has 2 aliphatic carbocycles. The van der Waals surface area contributed by atoms with E-state index < -0.39 is 0 Å². The third kappa shape index (κ3) is 2.71. The lowest BCUT2D eigenvalue weighted by molar-refractivity contribution is 0.0606. The van der Waals surface area contributed by atoms with Gasteiger partial charge in [-0.05, 0) is 25.7 Å². The number of esters is 1. The van der Waals surface area contributed by atoms with Gasteiger partial charge in [-0.1, -0.05) is 11.3 Å². The summed E-state index contributed by atoms with van der Waals surface area (Å²) in [5.74, 6) is -0.384. The van der Waals surface area contributed by atoms with Crippen molar-refractivity contribution in [2.75, 3.05) is 12.4 Å². The normalized spacial score (nSPS) is 21.8. The molecule has 0 atom stereocenters. The van der Waals surface area contributed by atoms with Crippen molar-refractivity contribution in [1.82, 2.24) is 24.1 Å². The van der Waals surface area contributed by atoms with Gasteiger partial charge in [-0.15, -0.1) is 0 Å². The van der Waals surface area contributed by atoms with Crippen molar-refractivity contribution in [3.8, 4) is 0 Å². The van der Waals surface area contributed by atoms with E-state index in [1.54, 1.807) is 21.5 Å². The molecular formula is C17H18N6O3S. The van der Waals surface area contributed by atoms with Gasteiger partial charge in [-0.2, -0.15) is 0 Å². The van der Waals surface area contributed by atoms with Crippen molar-refractivity contribution in [1.29, 1.82) is 0 Å². The number of fused-ring (bicyclic) bond motifs is 1. The number of carbonyl (C=O) groups is 1. The number of nitrogens with one attached hydrogen (secondary N) is 1. The van der Waals surface area contributed by atoms with Crippen LogP contribution in [0.3, 0.4) is 0 Å². The Kier molecular flexibility index (Phi) is 3.74. The topological polar surface area (TPSA) is 104 Å². The predicted molar refractivity (Wildman–Crippen MR) is 99.2 cm³/mol. The van der Waals surface area contributed by atoms with E-state index in [4.69, 9.17) is 4.74 Å². The van der Waals surface area contributed by atoms with Gasteiger partial charge in [0.05, 0.1) is 13.3 Å². The van der Waals surface area contributed by atoms with E-state index in [1.807, 2.05) is 0 Å². The molecule has 0 saturated heterocycles. The number of ether oxygens (including phenoxy) is 1. The maximum atomic E-state index is 12.9. The number of carbonyl (C=O) groups excluding carboxylic acids is 1. The lowest BCUT2D eigenvalue weighted by atomic mass is 9.86. The highest BCUT2D eigenvalue weighted by molar-refractivity contribution is 7.17. The Balaban J connectivity index is 1.34. The van der Waals surface area contributed by atoms with Crippen LogP contribution in [-0.4, -0.2) is 43.2 Å². The second-order valence-electron chi connectivity index (χ2n) is 6.95. The van der Waals surface area contributed by atoms with E-state index in [9.17, 15) is 9.59 Å². The van der Waals surface area contributed by atoms with E-state index in [0.717, 1.165) is 25.7 Å².